The van der Waals surface area contributed by atoms with E-state index in [1.807, 2.05) is 13.0 Å². The van der Waals surface area contributed by atoms with Crippen LogP contribution in [-0.2, 0) is 57.3 Å². The molecule has 4 saturated carbocycles. The highest BCUT2D eigenvalue weighted by Crippen LogP contribution is 2.20. The van der Waals surface area contributed by atoms with Gasteiger partial charge in [-0.25, -0.2) is 9.59 Å². The average molecular weight is 735 g/mol. The van der Waals surface area contributed by atoms with Crippen LogP contribution in [0.2, 0.25) is 0 Å². The fraction of sp³-hybridized carbons (Fsp3) is 0.750. The number of hydrogen-bond donors (Lipinski definition) is 0. The van der Waals surface area contributed by atoms with Gasteiger partial charge < -0.3 is 18.9 Å². The summed E-state index contributed by atoms with van der Waals surface area (Å²) >= 11 is 0. The molecule has 7 aliphatic rings. The van der Waals surface area contributed by atoms with Crippen molar-refractivity contribution >= 4 is 47.0 Å². The zero-order valence-corrected chi connectivity index (χ0v) is 31.8. The third-order valence-corrected chi connectivity index (χ3v) is 9.02. The Bertz CT molecular complexity index is 1120. The van der Waals surface area contributed by atoms with E-state index in [-0.39, 0.29) is 18.0 Å². The van der Waals surface area contributed by atoms with Crippen molar-refractivity contribution in [3.05, 3.63) is 12.7 Å². The Morgan fingerprint density at radius 1 is 0.558 bits per heavy atom. The van der Waals surface area contributed by atoms with Crippen molar-refractivity contribution < 1.29 is 57.3 Å². The Labute approximate surface area is 309 Å². The average Bonchev–Trinajstić information content (AvgIpc) is 3.65. The van der Waals surface area contributed by atoms with Crippen LogP contribution in [0.3, 0.4) is 0 Å². The van der Waals surface area contributed by atoms with Gasteiger partial charge in [0.25, 0.3) is 0 Å². The molecule has 3 saturated heterocycles. The highest BCUT2D eigenvalue weighted by atomic mass is 16.6. The summed E-state index contributed by atoms with van der Waals surface area (Å²) in [7, 11) is 0. The summed E-state index contributed by atoms with van der Waals surface area (Å²) in [5.41, 5.74) is 0. The number of rotatable bonds is 3. The van der Waals surface area contributed by atoms with Gasteiger partial charge in [0.1, 0.15) is 29.2 Å². The van der Waals surface area contributed by atoms with Gasteiger partial charge in [-0.3, -0.25) is 28.8 Å². The van der Waals surface area contributed by atoms with Crippen LogP contribution in [0.25, 0.3) is 0 Å². The summed E-state index contributed by atoms with van der Waals surface area (Å²) in [6.07, 6.45) is 22.0. The number of Topliss-reactive ketones (excluding diaryl/α,β-unsaturated/α-hetero) is 4. The number of cyclic esters (lactones) is 4. The van der Waals surface area contributed by atoms with Gasteiger partial charge in [-0.2, -0.15) is 0 Å². The maximum atomic E-state index is 10.7. The van der Waals surface area contributed by atoms with E-state index in [1.165, 1.54) is 20.3 Å². The van der Waals surface area contributed by atoms with Crippen molar-refractivity contribution in [2.24, 2.45) is 5.92 Å². The Morgan fingerprint density at radius 3 is 1.37 bits per heavy atom. The van der Waals surface area contributed by atoms with Gasteiger partial charge in [-0.05, 0) is 90.9 Å². The number of hydrogen-bond acceptors (Lipinski definition) is 12. The van der Waals surface area contributed by atoms with Crippen molar-refractivity contribution in [2.45, 2.75) is 180 Å². The maximum Gasteiger partial charge on any atom is 0.347 e. The van der Waals surface area contributed by atoms with Crippen LogP contribution in [-0.4, -0.2) is 71.9 Å². The van der Waals surface area contributed by atoms with E-state index in [1.54, 1.807) is 0 Å². The number of carbonyl (C=O) groups is 8. The zero-order chi connectivity index (χ0) is 38.7. The van der Waals surface area contributed by atoms with Gasteiger partial charge in [0, 0.05) is 57.3 Å². The molecule has 0 spiro atoms. The molecule has 0 radical (unpaired) electrons. The molecule has 7 fully saturated rings. The molecular formula is C40H62O12. The summed E-state index contributed by atoms with van der Waals surface area (Å²) < 4.78 is 18.7. The summed E-state index contributed by atoms with van der Waals surface area (Å²) in [6.45, 7) is 9.17. The first-order valence-corrected chi connectivity index (χ1v) is 19.3. The molecule has 3 heterocycles. The van der Waals surface area contributed by atoms with Gasteiger partial charge in [0.2, 0.25) is 0 Å². The number of carbonyl (C=O) groups excluding carboxylic acids is 8. The van der Waals surface area contributed by atoms with Crippen LogP contribution in [0.15, 0.2) is 12.7 Å². The number of allylic oxidation sites excluding steroid dienone is 1. The number of ketones is 4. The lowest BCUT2D eigenvalue weighted by molar-refractivity contribution is -0.191. The smallest absolute Gasteiger partial charge is 0.347 e. The van der Waals surface area contributed by atoms with E-state index in [4.69, 9.17) is 9.47 Å². The van der Waals surface area contributed by atoms with Gasteiger partial charge in [-0.1, -0.05) is 19.4 Å². The lowest BCUT2D eigenvalue weighted by Gasteiger charge is -2.24. The maximum absolute atomic E-state index is 10.7. The van der Waals surface area contributed by atoms with E-state index in [9.17, 15) is 38.4 Å². The summed E-state index contributed by atoms with van der Waals surface area (Å²) in [4.78, 5) is 83.2. The molecule has 0 N–H and O–H groups in total. The Balaban J connectivity index is 0.000000306. The van der Waals surface area contributed by atoms with Gasteiger partial charge in [-0.15, -0.1) is 6.58 Å². The van der Waals surface area contributed by atoms with E-state index >= 15 is 0 Å². The minimum absolute atomic E-state index is 0.0255. The standard InChI is InChI=1S/C7H10O2.C6H8O4.C6H10O2.2C6H10O.C5H8O.C4H6O/c1-2-3-4-6-5-7(8)9-6;1-3-5(7)10-4(2)6(8)9-3;7-6-4-2-1-3-5-8-6;1-5-3-2-4-6(5)7;7-6-4-2-1-3-5-6;6-5-3-1-2-4-5;5-4-2-1-3-4/h2,6H,1,3-5H2;3-4H,1-2H3;1-5H2;5H,2-4H2,1H3;1-5H2;1-4H2;1-3H2. The van der Waals surface area contributed by atoms with Crippen LogP contribution < -0.4 is 0 Å². The Morgan fingerprint density at radius 2 is 1.02 bits per heavy atom. The van der Waals surface area contributed by atoms with Gasteiger partial charge >= 0.3 is 23.9 Å². The fourth-order valence-electron chi connectivity index (χ4n) is 5.30. The molecule has 12 nitrogen and oxygen atoms in total. The largest absolute Gasteiger partial charge is 0.466 e. The van der Waals surface area contributed by atoms with Crippen LogP contribution in [0.4, 0.5) is 0 Å². The molecule has 4 unspecified atom stereocenters. The molecule has 4 atom stereocenters. The Hall–Kier alpha value is -3.70. The number of esters is 4. The molecular weight excluding hydrogens is 672 g/mol. The molecule has 0 aromatic heterocycles. The van der Waals surface area contributed by atoms with Crippen LogP contribution in [0, 0.1) is 5.92 Å². The monoisotopic (exact) mass is 734 g/mol. The van der Waals surface area contributed by atoms with E-state index in [2.05, 4.69) is 16.1 Å². The highest BCUT2D eigenvalue weighted by Gasteiger charge is 2.32. The van der Waals surface area contributed by atoms with Crippen molar-refractivity contribution in [2.75, 3.05) is 6.61 Å². The van der Waals surface area contributed by atoms with Gasteiger partial charge in [0.15, 0.2) is 12.2 Å². The topological polar surface area (TPSA) is 173 Å². The molecule has 0 aromatic carbocycles. The summed E-state index contributed by atoms with van der Waals surface area (Å²) in [5, 5.41) is 0. The molecule has 7 rings (SSSR count). The lowest BCUT2D eigenvalue weighted by Crippen LogP contribution is -2.40. The SMILES string of the molecule is C=CCCC1CC(=O)O1.CC1CCCC1=O.CC1OC(=O)C(C)OC1=O.O=C1CCC1.O=C1CCCC1.O=C1CCCCC1.O=C1CCCCCO1. The molecule has 294 valence electrons. The fourth-order valence-corrected chi connectivity index (χ4v) is 5.30. The van der Waals surface area contributed by atoms with Crippen molar-refractivity contribution in [3.63, 3.8) is 0 Å². The molecule has 0 amide bonds. The molecule has 0 aromatic rings. The molecule has 12 heteroatoms. The molecule has 3 aliphatic heterocycles. The second kappa shape index (κ2) is 27.9. The third-order valence-electron chi connectivity index (χ3n) is 9.02. The summed E-state index contributed by atoms with van der Waals surface area (Å²) in [6, 6.07) is 0. The third kappa shape index (κ3) is 23.0. The zero-order valence-electron chi connectivity index (χ0n) is 31.8. The number of ether oxygens (including phenoxy) is 4. The van der Waals surface area contributed by atoms with Gasteiger partial charge in [0.05, 0.1) is 13.0 Å². The first-order valence-electron chi connectivity index (χ1n) is 19.3. The van der Waals surface area contributed by atoms with Crippen molar-refractivity contribution in [1.29, 1.82) is 0 Å². The van der Waals surface area contributed by atoms with E-state index in [0.29, 0.717) is 48.5 Å². The Kier molecular flexibility index (Phi) is 24.8. The molecule has 52 heavy (non-hydrogen) atoms. The second-order valence-electron chi connectivity index (χ2n) is 13.9. The summed E-state index contributed by atoms with van der Waals surface area (Å²) in [5.74, 6) is 1.14. The van der Waals surface area contributed by atoms with Crippen LogP contribution in [0.5, 0.6) is 0 Å². The first kappa shape index (κ1) is 46.3. The van der Waals surface area contributed by atoms with Crippen LogP contribution in [0.1, 0.15) is 162 Å². The predicted octanol–water partition coefficient (Wildman–Crippen LogP) is 7.00. The van der Waals surface area contributed by atoms with Crippen molar-refractivity contribution in [3.8, 4) is 0 Å². The van der Waals surface area contributed by atoms with Crippen molar-refractivity contribution in [1.82, 2.24) is 0 Å². The minimum atomic E-state index is -0.747. The van der Waals surface area contributed by atoms with E-state index < -0.39 is 24.1 Å². The van der Waals surface area contributed by atoms with Crippen LogP contribution >= 0.6 is 0 Å². The normalized spacial score (nSPS) is 25.9. The molecule has 4 aliphatic carbocycles. The van der Waals surface area contributed by atoms with E-state index in [0.717, 1.165) is 122 Å². The second-order valence-corrected chi connectivity index (χ2v) is 13.9. The quantitative estimate of drug-likeness (QED) is 0.165. The first-order chi connectivity index (χ1) is 24.8. The predicted molar refractivity (Wildman–Crippen MR) is 193 cm³/mol. The highest BCUT2D eigenvalue weighted by molar-refractivity contribution is 5.87. The lowest BCUT2D eigenvalue weighted by atomic mass is 9.99. The minimum Gasteiger partial charge on any atom is -0.466 e. The molecule has 0 bridgehead atoms.